The van der Waals surface area contributed by atoms with Crippen LogP contribution in [0.15, 0.2) is 16.3 Å². The number of carboxylic acids is 1. The number of aliphatic carboxylic acids is 1. The zero-order chi connectivity index (χ0) is 13.8. The number of sulfonamides is 1. The van der Waals surface area contributed by atoms with E-state index in [-0.39, 0.29) is 16.7 Å². The van der Waals surface area contributed by atoms with E-state index in [1.54, 1.807) is 6.92 Å². The Labute approximate surface area is 115 Å². The van der Waals surface area contributed by atoms with Crippen molar-refractivity contribution in [2.24, 2.45) is 0 Å². The highest BCUT2D eigenvalue weighted by molar-refractivity contribution is 7.91. The maximum Gasteiger partial charge on any atom is 0.303 e. The van der Waals surface area contributed by atoms with Crippen molar-refractivity contribution in [3.63, 3.8) is 0 Å². The van der Waals surface area contributed by atoms with Gasteiger partial charge in [-0.05, 0) is 31.9 Å². The summed E-state index contributed by atoms with van der Waals surface area (Å²) in [6.07, 6.45) is 0.950. The molecule has 0 saturated carbocycles. The van der Waals surface area contributed by atoms with E-state index < -0.39 is 16.0 Å². The van der Waals surface area contributed by atoms with Crippen molar-refractivity contribution in [1.29, 1.82) is 0 Å². The van der Waals surface area contributed by atoms with Crippen molar-refractivity contribution in [3.05, 3.63) is 16.5 Å². The third-order valence-electron chi connectivity index (χ3n) is 2.20. The fourth-order valence-corrected chi connectivity index (χ4v) is 4.16. The van der Waals surface area contributed by atoms with E-state index in [1.165, 1.54) is 12.1 Å². The zero-order valence-corrected chi connectivity index (χ0v) is 12.1. The molecule has 0 radical (unpaired) electrons. The van der Waals surface area contributed by atoms with Gasteiger partial charge in [-0.2, -0.15) is 0 Å². The molecule has 0 amide bonds. The lowest BCUT2D eigenvalue weighted by molar-refractivity contribution is -0.137. The van der Waals surface area contributed by atoms with Crippen LogP contribution in [0.3, 0.4) is 0 Å². The molecular weight excluding hydrogens is 298 g/mol. The SMILES string of the molecule is CC(CCCC(=O)O)NS(=O)(=O)c1ccc(Cl)s1. The molecule has 1 rings (SSSR count). The quantitative estimate of drug-likeness (QED) is 0.809. The van der Waals surface area contributed by atoms with Gasteiger partial charge in [0.05, 0.1) is 4.34 Å². The van der Waals surface area contributed by atoms with Crippen LogP contribution in [0.2, 0.25) is 4.34 Å². The lowest BCUT2D eigenvalue weighted by atomic mass is 10.1. The minimum atomic E-state index is -3.55. The molecule has 1 atom stereocenters. The first kappa shape index (κ1) is 15.4. The molecule has 102 valence electrons. The molecular formula is C10H14ClNO4S2. The van der Waals surface area contributed by atoms with Gasteiger partial charge in [-0.3, -0.25) is 4.79 Å². The van der Waals surface area contributed by atoms with Crippen LogP contribution in [0.25, 0.3) is 0 Å². The molecule has 1 unspecified atom stereocenters. The largest absolute Gasteiger partial charge is 0.481 e. The van der Waals surface area contributed by atoms with Crippen LogP contribution in [0.5, 0.6) is 0 Å². The highest BCUT2D eigenvalue weighted by Crippen LogP contribution is 2.25. The van der Waals surface area contributed by atoms with Gasteiger partial charge in [-0.15, -0.1) is 11.3 Å². The Hall–Kier alpha value is -0.630. The molecule has 0 aromatic carbocycles. The average molecular weight is 312 g/mol. The van der Waals surface area contributed by atoms with Gasteiger partial charge >= 0.3 is 5.97 Å². The highest BCUT2D eigenvalue weighted by Gasteiger charge is 2.19. The molecule has 18 heavy (non-hydrogen) atoms. The summed E-state index contributed by atoms with van der Waals surface area (Å²) >= 11 is 6.67. The van der Waals surface area contributed by atoms with Crippen LogP contribution in [0.1, 0.15) is 26.2 Å². The second-order valence-corrected chi connectivity index (χ2v) is 7.52. The maximum atomic E-state index is 11.9. The summed E-state index contributed by atoms with van der Waals surface area (Å²) < 4.78 is 26.8. The Morgan fingerprint density at radius 1 is 1.56 bits per heavy atom. The van der Waals surface area contributed by atoms with Crippen molar-refractivity contribution >= 4 is 38.9 Å². The Bertz CT molecular complexity index is 512. The first-order valence-corrected chi connectivity index (χ1v) is 7.98. The molecule has 1 heterocycles. The minimum Gasteiger partial charge on any atom is -0.481 e. The third kappa shape index (κ3) is 4.93. The van der Waals surface area contributed by atoms with E-state index >= 15 is 0 Å². The highest BCUT2D eigenvalue weighted by atomic mass is 35.5. The molecule has 0 saturated heterocycles. The summed E-state index contributed by atoms with van der Waals surface area (Å²) in [5, 5.41) is 8.49. The minimum absolute atomic E-state index is 0.0386. The molecule has 1 aromatic heterocycles. The van der Waals surface area contributed by atoms with Crippen LogP contribution in [-0.4, -0.2) is 25.5 Å². The van der Waals surface area contributed by atoms with E-state index in [1.807, 2.05) is 0 Å². The predicted octanol–water partition coefficient (Wildman–Crippen LogP) is 2.32. The van der Waals surface area contributed by atoms with Gasteiger partial charge < -0.3 is 5.11 Å². The Morgan fingerprint density at radius 3 is 2.72 bits per heavy atom. The van der Waals surface area contributed by atoms with Crippen LogP contribution in [0, 0.1) is 0 Å². The van der Waals surface area contributed by atoms with E-state index in [0.29, 0.717) is 17.2 Å². The number of hydrogen-bond acceptors (Lipinski definition) is 4. The number of halogens is 1. The smallest absolute Gasteiger partial charge is 0.303 e. The van der Waals surface area contributed by atoms with Crippen molar-refractivity contribution in [3.8, 4) is 0 Å². The number of thiophene rings is 1. The molecule has 2 N–H and O–H groups in total. The summed E-state index contributed by atoms with van der Waals surface area (Å²) in [5.74, 6) is -0.880. The van der Waals surface area contributed by atoms with Crippen molar-refractivity contribution in [2.45, 2.75) is 36.4 Å². The van der Waals surface area contributed by atoms with Gasteiger partial charge in [0.25, 0.3) is 0 Å². The van der Waals surface area contributed by atoms with Crippen molar-refractivity contribution in [1.82, 2.24) is 4.72 Å². The monoisotopic (exact) mass is 311 g/mol. The fourth-order valence-electron chi connectivity index (χ4n) is 1.38. The van der Waals surface area contributed by atoms with Gasteiger partial charge in [0.15, 0.2) is 0 Å². The molecule has 0 aliphatic carbocycles. The Kier molecular flexibility index (Phi) is 5.58. The second-order valence-electron chi connectivity index (χ2n) is 3.87. The summed E-state index contributed by atoms with van der Waals surface area (Å²) in [7, 11) is -3.55. The standard InChI is InChI=1S/C10H14ClNO4S2/c1-7(3-2-4-9(13)14)12-18(15,16)10-6-5-8(11)17-10/h5-7,12H,2-4H2,1H3,(H,13,14). The van der Waals surface area contributed by atoms with Crippen LogP contribution in [0.4, 0.5) is 0 Å². The van der Waals surface area contributed by atoms with E-state index in [0.717, 1.165) is 11.3 Å². The van der Waals surface area contributed by atoms with Gasteiger partial charge in [-0.1, -0.05) is 11.6 Å². The maximum absolute atomic E-state index is 11.9. The van der Waals surface area contributed by atoms with Crippen LogP contribution < -0.4 is 4.72 Å². The molecule has 0 aliphatic heterocycles. The third-order valence-corrected chi connectivity index (χ3v) is 5.51. The molecule has 0 fully saturated rings. The zero-order valence-electron chi connectivity index (χ0n) is 9.72. The number of hydrogen-bond donors (Lipinski definition) is 2. The van der Waals surface area contributed by atoms with E-state index in [9.17, 15) is 13.2 Å². The van der Waals surface area contributed by atoms with Gasteiger partial charge in [0, 0.05) is 12.5 Å². The van der Waals surface area contributed by atoms with E-state index in [4.69, 9.17) is 16.7 Å². The molecule has 0 bridgehead atoms. The first-order chi connectivity index (χ1) is 8.31. The van der Waals surface area contributed by atoms with Crippen molar-refractivity contribution < 1.29 is 18.3 Å². The summed E-state index contributed by atoms with van der Waals surface area (Å²) in [4.78, 5) is 10.3. The average Bonchev–Trinajstić information content (AvgIpc) is 2.64. The van der Waals surface area contributed by atoms with Gasteiger partial charge in [0.2, 0.25) is 10.0 Å². The normalized spacial score (nSPS) is 13.4. The second kappa shape index (κ2) is 6.51. The van der Waals surface area contributed by atoms with Crippen LogP contribution >= 0.6 is 22.9 Å². The fraction of sp³-hybridized carbons (Fsp3) is 0.500. The number of rotatable bonds is 7. The molecule has 8 heteroatoms. The van der Waals surface area contributed by atoms with Gasteiger partial charge in [0.1, 0.15) is 4.21 Å². The summed E-state index contributed by atoms with van der Waals surface area (Å²) in [5.41, 5.74) is 0. The number of carbonyl (C=O) groups is 1. The Balaban J connectivity index is 2.53. The molecule has 0 aliphatic rings. The van der Waals surface area contributed by atoms with E-state index in [2.05, 4.69) is 4.72 Å². The lowest BCUT2D eigenvalue weighted by Crippen LogP contribution is -2.32. The lowest BCUT2D eigenvalue weighted by Gasteiger charge is -2.12. The Morgan fingerprint density at radius 2 is 2.22 bits per heavy atom. The first-order valence-electron chi connectivity index (χ1n) is 5.31. The topological polar surface area (TPSA) is 83.5 Å². The summed E-state index contributed by atoms with van der Waals surface area (Å²) in [6, 6.07) is 2.66. The number of carboxylic acid groups (broad SMARTS) is 1. The molecule has 5 nitrogen and oxygen atoms in total. The summed E-state index contributed by atoms with van der Waals surface area (Å²) in [6.45, 7) is 1.70. The number of nitrogens with one attached hydrogen (secondary N) is 1. The molecule has 0 spiro atoms. The van der Waals surface area contributed by atoms with Gasteiger partial charge in [-0.25, -0.2) is 13.1 Å². The van der Waals surface area contributed by atoms with Crippen molar-refractivity contribution in [2.75, 3.05) is 0 Å². The molecule has 1 aromatic rings. The van der Waals surface area contributed by atoms with Crippen LogP contribution in [-0.2, 0) is 14.8 Å². The predicted molar refractivity (Wildman–Crippen MR) is 70.6 cm³/mol.